The first kappa shape index (κ1) is 20.0. The van der Waals surface area contributed by atoms with Gasteiger partial charge in [-0.2, -0.15) is 5.26 Å². The van der Waals surface area contributed by atoms with E-state index < -0.39 is 0 Å². The number of benzene rings is 1. The van der Waals surface area contributed by atoms with E-state index in [1.54, 1.807) is 0 Å². The second-order valence-electron chi connectivity index (χ2n) is 7.98. The molecule has 0 saturated carbocycles. The van der Waals surface area contributed by atoms with Crippen LogP contribution in [0.3, 0.4) is 0 Å². The first-order chi connectivity index (χ1) is 14.5. The Morgan fingerprint density at radius 3 is 2.67 bits per heavy atom. The van der Waals surface area contributed by atoms with E-state index in [2.05, 4.69) is 11.0 Å². The van der Waals surface area contributed by atoms with Crippen molar-refractivity contribution in [3.05, 3.63) is 59.9 Å². The minimum absolute atomic E-state index is 0.0365. The number of likely N-dealkylation sites (tertiary alicyclic amines) is 1. The standard InChI is InChI=1S/C23H26N5O2/c1-25-8-4-5-18(15-25)16-28-17-20(29)13-22(28)23(30)27-11-9-26(10-12-27)21-7-3-2-6-19(21)14-24/h2-8,15,22H,9-13,16-17H2,1H3/q+1. The van der Waals surface area contributed by atoms with Crippen LogP contribution in [0.25, 0.3) is 0 Å². The molecule has 154 valence electrons. The van der Waals surface area contributed by atoms with Crippen molar-refractivity contribution in [3.8, 4) is 6.07 Å². The van der Waals surface area contributed by atoms with Gasteiger partial charge in [-0.25, -0.2) is 4.57 Å². The van der Waals surface area contributed by atoms with Gasteiger partial charge in [0.15, 0.2) is 12.4 Å². The number of anilines is 1. The van der Waals surface area contributed by atoms with Crippen LogP contribution in [0.15, 0.2) is 48.8 Å². The monoisotopic (exact) mass is 404 g/mol. The van der Waals surface area contributed by atoms with Crippen molar-refractivity contribution in [1.82, 2.24) is 9.80 Å². The number of rotatable bonds is 4. The number of ketones is 1. The molecule has 1 aromatic heterocycles. The number of para-hydroxylation sites is 1. The number of aromatic nitrogens is 1. The second kappa shape index (κ2) is 8.64. The third-order valence-corrected chi connectivity index (χ3v) is 5.87. The summed E-state index contributed by atoms with van der Waals surface area (Å²) in [5.41, 5.74) is 2.66. The number of carbonyl (C=O) groups excluding carboxylic acids is 2. The van der Waals surface area contributed by atoms with Crippen LogP contribution in [-0.4, -0.2) is 60.3 Å². The summed E-state index contributed by atoms with van der Waals surface area (Å²) in [4.78, 5) is 31.4. The molecule has 0 radical (unpaired) electrons. The Kier molecular flexibility index (Phi) is 5.77. The van der Waals surface area contributed by atoms with Crippen LogP contribution in [0, 0.1) is 11.3 Å². The molecule has 1 unspecified atom stereocenters. The maximum absolute atomic E-state index is 13.2. The van der Waals surface area contributed by atoms with Gasteiger partial charge < -0.3 is 9.80 Å². The van der Waals surface area contributed by atoms with Crippen molar-refractivity contribution in [3.63, 3.8) is 0 Å². The number of carbonyl (C=O) groups is 2. The lowest BCUT2D eigenvalue weighted by Gasteiger charge is -2.38. The fraction of sp³-hybridized carbons (Fsp3) is 0.391. The summed E-state index contributed by atoms with van der Waals surface area (Å²) < 4.78 is 1.97. The van der Waals surface area contributed by atoms with E-state index in [1.165, 1.54) is 0 Å². The van der Waals surface area contributed by atoms with Gasteiger partial charge in [0.2, 0.25) is 5.91 Å². The average Bonchev–Trinajstić information content (AvgIpc) is 3.13. The number of nitrogens with zero attached hydrogens (tertiary/aromatic N) is 5. The van der Waals surface area contributed by atoms with Gasteiger partial charge in [0.05, 0.1) is 23.8 Å². The maximum atomic E-state index is 13.2. The highest BCUT2D eigenvalue weighted by atomic mass is 16.2. The quantitative estimate of drug-likeness (QED) is 0.708. The number of Topliss-reactive ketones (excluding diaryl/α,β-unsaturated/α-hetero) is 1. The second-order valence-corrected chi connectivity index (χ2v) is 7.98. The Balaban J connectivity index is 1.41. The predicted octanol–water partition coefficient (Wildman–Crippen LogP) is 0.875. The molecule has 4 rings (SSSR count). The van der Waals surface area contributed by atoms with E-state index >= 15 is 0 Å². The van der Waals surface area contributed by atoms with Gasteiger partial charge in [-0.15, -0.1) is 0 Å². The molecule has 2 fully saturated rings. The number of aryl methyl sites for hydroxylation is 1. The van der Waals surface area contributed by atoms with Crippen LogP contribution < -0.4 is 9.47 Å². The van der Waals surface area contributed by atoms with Gasteiger partial charge >= 0.3 is 0 Å². The van der Waals surface area contributed by atoms with Gasteiger partial charge in [0, 0.05) is 50.8 Å². The third kappa shape index (κ3) is 4.19. The number of piperazine rings is 1. The average molecular weight is 404 g/mol. The van der Waals surface area contributed by atoms with Crippen molar-refractivity contribution >= 4 is 17.4 Å². The molecule has 0 spiro atoms. The Labute approximate surface area is 176 Å². The number of nitriles is 1. The van der Waals surface area contributed by atoms with Crippen molar-refractivity contribution in [2.75, 3.05) is 37.6 Å². The number of hydrogen-bond acceptors (Lipinski definition) is 5. The fourth-order valence-corrected chi connectivity index (χ4v) is 4.36. The van der Waals surface area contributed by atoms with E-state index in [0.717, 1.165) is 11.3 Å². The first-order valence-electron chi connectivity index (χ1n) is 10.3. The minimum atomic E-state index is -0.388. The molecule has 2 aliphatic rings. The predicted molar refractivity (Wildman–Crippen MR) is 111 cm³/mol. The molecule has 2 aliphatic heterocycles. The lowest BCUT2D eigenvalue weighted by atomic mass is 10.1. The summed E-state index contributed by atoms with van der Waals surface area (Å²) in [5.74, 6) is 0.157. The normalized spacial score (nSPS) is 19.7. The zero-order valence-corrected chi connectivity index (χ0v) is 17.2. The van der Waals surface area contributed by atoms with E-state index in [9.17, 15) is 14.9 Å². The van der Waals surface area contributed by atoms with Gasteiger partial charge in [0.1, 0.15) is 18.9 Å². The lowest BCUT2D eigenvalue weighted by Crippen LogP contribution is -2.53. The Morgan fingerprint density at radius 1 is 1.17 bits per heavy atom. The molecular formula is C23H26N5O2+. The van der Waals surface area contributed by atoms with Crippen molar-refractivity contribution in [2.45, 2.75) is 19.0 Å². The molecule has 0 bridgehead atoms. The summed E-state index contributed by atoms with van der Waals surface area (Å²) in [6.45, 7) is 3.46. The molecule has 30 heavy (non-hydrogen) atoms. The zero-order chi connectivity index (χ0) is 21.1. The van der Waals surface area contributed by atoms with Gasteiger partial charge in [-0.05, 0) is 18.2 Å². The van der Waals surface area contributed by atoms with Crippen molar-refractivity contribution in [2.24, 2.45) is 7.05 Å². The Hall–Kier alpha value is -3.24. The number of pyridine rings is 1. The molecule has 7 heteroatoms. The molecule has 1 atom stereocenters. The molecule has 3 heterocycles. The van der Waals surface area contributed by atoms with E-state index in [-0.39, 0.29) is 24.2 Å². The SMILES string of the molecule is C[n+]1cccc(CN2CC(=O)CC2C(=O)N2CCN(c3ccccc3C#N)CC2)c1. The van der Waals surface area contributed by atoms with E-state index in [0.29, 0.717) is 44.8 Å². The summed E-state index contributed by atoms with van der Waals surface area (Å²) in [7, 11) is 1.96. The highest BCUT2D eigenvalue weighted by Gasteiger charge is 2.39. The third-order valence-electron chi connectivity index (χ3n) is 5.87. The number of hydrogen-bond donors (Lipinski definition) is 0. The smallest absolute Gasteiger partial charge is 0.240 e. The number of amides is 1. The molecule has 1 amide bonds. The molecule has 2 aromatic rings. The van der Waals surface area contributed by atoms with Crippen LogP contribution >= 0.6 is 0 Å². The van der Waals surface area contributed by atoms with Gasteiger partial charge in [0.25, 0.3) is 0 Å². The largest absolute Gasteiger partial charge is 0.367 e. The molecule has 2 saturated heterocycles. The van der Waals surface area contributed by atoms with Crippen LogP contribution in [0.5, 0.6) is 0 Å². The van der Waals surface area contributed by atoms with Gasteiger partial charge in [-0.1, -0.05) is 12.1 Å². The van der Waals surface area contributed by atoms with Gasteiger partial charge in [-0.3, -0.25) is 14.5 Å². The first-order valence-corrected chi connectivity index (χ1v) is 10.3. The summed E-state index contributed by atoms with van der Waals surface area (Å²) >= 11 is 0. The Morgan fingerprint density at radius 2 is 1.93 bits per heavy atom. The minimum Gasteiger partial charge on any atom is -0.367 e. The van der Waals surface area contributed by atoms with Crippen LogP contribution in [0.4, 0.5) is 5.69 Å². The van der Waals surface area contributed by atoms with Crippen LogP contribution in [0.2, 0.25) is 0 Å². The summed E-state index contributed by atoms with van der Waals surface area (Å²) in [6.07, 6.45) is 4.27. The summed E-state index contributed by atoms with van der Waals surface area (Å²) in [6, 6.07) is 13.4. The summed E-state index contributed by atoms with van der Waals surface area (Å²) in [5, 5.41) is 9.34. The van der Waals surface area contributed by atoms with Crippen LogP contribution in [0.1, 0.15) is 17.5 Å². The molecule has 0 N–H and O–H groups in total. The lowest BCUT2D eigenvalue weighted by molar-refractivity contribution is -0.672. The Bertz CT molecular complexity index is 991. The van der Waals surface area contributed by atoms with Crippen molar-refractivity contribution in [1.29, 1.82) is 5.26 Å². The fourth-order valence-electron chi connectivity index (χ4n) is 4.36. The maximum Gasteiger partial charge on any atom is 0.240 e. The topological polar surface area (TPSA) is 71.5 Å². The molecular weight excluding hydrogens is 378 g/mol. The van der Waals surface area contributed by atoms with E-state index in [4.69, 9.17) is 0 Å². The molecule has 1 aromatic carbocycles. The van der Waals surface area contributed by atoms with Crippen molar-refractivity contribution < 1.29 is 14.2 Å². The van der Waals surface area contributed by atoms with Crippen LogP contribution in [-0.2, 0) is 23.2 Å². The zero-order valence-electron chi connectivity index (χ0n) is 17.2. The molecule has 0 aliphatic carbocycles. The highest BCUT2D eigenvalue weighted by molar-refractivity contribution is 5.93. The van der Waals surface area contributed by atoms with E-state index in [1.807, 2.05) is 70.2 Å². The molecule has 7 nitrogen and oxygen atoms in total. The highest BCUT2D eigenvalue weighted by Crippen LogP contribution is 2.23.